The third kappa shape index (κ3) is 1.34. The number of halogens is 6. The second-order valence-electron chi connectivity index (χ2n) is 6.52. The van der Waals surface area contributed by atoms with Gasteiger partial charge in [0.15, 0.2) is 4.33 Å². The number of allylic oxidation sites excluding steroid dienone is 2. The molecule has 1 N–H and O–H groups in total. The number of aliphatic carboxylic acids is 1. The lowest BCUT2D eigenvalue weighted by atomic mass is 9.69. The first-order valence-electron chi connectivity index (χ1n) is 6.64. The maximum absolute atomic E-state index is 11.5. The number of hydrogen-bond donors (Lipinski definition) is 1. The number of alkyl halides is 4. The zero-order valence-corrected chi connectivity index (χ0v) is 15.0. The van der Waals surface area contributed by atoms with Crippen LogP contribution in [0.1, 0.15) is 12.8 Å². The minimum absolute atomic E-state index is 0.106. The van der Waals surface area contributed by atoms with Gasteiger partial charge in [0, 0.05) is 0 Å². The van der Waals surface area contributed by atoms with Crippen LogP contribution in [-0.2, 0) is 4.79 Å². The predicted octanol–water partition coefficient (Wildman–Crippen LogP) is 4.80. The van der Waals surface area contributed by atoms with Crippen molar-refractivity contribution in [2.75, 3.05) is 0 Å². The lowest BCUT2D eigenvalue weighted by Gasteiger charge is -2.41. The fraction of sp³-hybridized carbons (Fsp3) is 0.769. The molecule has 0 aliphatic heterocycles. The SMILES string of the molecule is O=C(O)[C@@H]1C[C@H]2C[C@H]1[C@@H]1[C@@H]2[C@@]2(Cl)C(Cl)=C(Cl)[C@@]1(Cl)C2(Cl)Cl. The molecular weight excluding hydrogens is 401 g/mol. The van der Waals surface area contributed by atoms with Gasteiger partial charge in [-0.2, -0.15) is 0 Å². The van der Waals surface area contributed by atoms with E-state index in [4.69, 9.17) is 69.6 Å². The molecule has 0 aromatic heterocycles. The van der Waals surface area contributed by atoms with E-state index in [1.54, 1.807) is 0 Å². The van der Waals surface area contributed by atoms with E-state index in [2.05, 4.69) is 0 Å². The Hall–Kier alpha value is 0.950. The zero-order chi connectivity index (χ0) is 15.5. The van der Waals surface area contributed by atoms with Crippen molar-refractivity contribution >= 4 is 75.6 Å². The summed E-state index contributed by atoms with van der Waals surface area (Å²) in [5, 5.41) is 9.79. The largest absolute Gasteiger partial charge is 0.481 e. The summed E-state index contributed by atoms with van der Waals surface area (Å²) in [6, 6.07) is 0. The summed E-state index contributed by atoms with van der Waals surface area (Å²) < 4.78 is -1.54. The molecule has 0 heterocycles. The Bertz CT molecular complexity index is 603. The molecule has 3 saturated carbocycles. The fourth-order valence-electron chi connectivity index (χ4n) is 5.33. The normalized spacial score (nSPS) is 56.2. The van der Waals surface area contributed by atoms with Gasteiger partial charge in [0.1, 0.15) is 9.75 Å². The van der Waals surface area contributed by atoms with Gasteiger partial charge in [0.2, 0.25) is 0 Å². The topological polar surface area (TPSA) is 37.3 Å². The summed E-state index contributed by atoms with van der Waals surface area (Å²) in [5.74, 6) is -1.67. The van der Waals surface area contributed by atoms with Crippen molar-refractivity contribution in [3.8, 4) is 0 Å². The van der Waals surface area contributed by atoms with Crippen molar-refractivity contribution in [2.45, 2.75) is 26.9 Å². The lowest BCUT2D eigenvalue weighted by Crippen LogP contribution is -2.46. The number of carboxylic acid groups (broad SMARTS) is 1. The minimum Gasteiger partial charge on any atom is -0.481 e. The fourth-order valence-corrected chi connectivity index (χ4v) is 8.48. The summed E-state index contributed by atoms with van der Waals surface area (Å²) in [6.07, 6.45) is 1.32. The van der Waals surface area contributed by atoms with E-state index in [0.717, 1.165) is 6.42 Å². The third-order valence-electron chi connectivity index (χ3n) is 5.99. The standard InChI is InChI=1S/C13H10Cl6O2/c14-8-9(15)12(17)7-4-1-3(2-5(4)10(20)21)6(7)11(8,16)13(12,18)19/h3-7H,1-2H2,(H,20,21)/t3-,4-,5-,6-,7-,11-,12-/m1/s1. The molecule has 2 nitrogen and oxygen atoms in total. The first-order chi connectivity index (χ1) is 9.60. The highest BCUT2D eigenvalue weighted by Gasteiger charge is 2.86. The lowest BCUT2D eigenvalue weighted by molar-refractivity contribution is -0.144. The average molecular weight is 411 g/mol. The molecule has 0 saturated heterocycles. The smallest absolute Gasteiger partial charge is 0.306 e. The molecule has 0 aromatic rings. The molecule has 3 fully saturated rings. The van der Waals surface area contributed by atoms with Crippen molar-refractivity contribution in [2.24, 2.45) is 29.6 Å². The molecule has 4 rings (SSSR count). The van der Waals surface area contributed by atoms with Crippen LogP contribution in [0.25, 0.3) is 0 Å². The molecule has 4 aliphatic rings. The highest BCUT2D eigenvalue weighted by molar-refractivity contribution is 6.65. The van der Waals surface area contributed by atoms with Gasteiger partial charge in [-0.25, -0.2) is 0 Å². The van der Waals surface area contributed by atoms with Crippen LogP contribution in [0.3, 0.4) is 0 Å². The van der Waals surface area contributed by atoms with E-state index in [1.165, 1.54) is 0 Å². The first kappa shape index (κ1) is 15.5. The Morgan fingerprint density at radius 1 is 1.00 bits per heavy atom. The van der Waals surface area contributed by atoms with Crippen molar-refractivity contribution in [3.63, 3.8) is 0 Å². The van der Waals surface area contributed by atoms with Crippen molar-refractivity contribution in [1.29, 1.82) is 0 Å². The second-order valence-corrected chi connectivity index (χ2v) is 9.79. The van der Waals surface area contributed by atoms with Gasteiger partial charge < -0.3 is 5.11 Å². The Kier molecular flexibility index (Phi) is 3.04. The van der Waals surface area contributed by atoms with Gasteiger partial charge in [-0.3, -0.25) is 4.79 Å². The summed E-state index contributed by atoms with van der Waals surface area (Å²) >= 11 is 39.3. The van der Waals surface area contributed by atoms with Crippen LogP contribution in [0, 0.1) is 29.6 Å². The van der Waals surface area contributed by atoms with Crippen molar-refractivity contribution < 1.29 is 9.90 Å². The molecule has 0 amide bonds. The molecule has 0 unspecified atom stereocenters. The molecule has 0 radical (unpaired) electrons. The van der Waals surface area contributed by atoms with E-state index in [1.807, 2.05) is 0 Å². The zero-order valence-electron chi connectivity index (χ0n) is 10.4. The molecule has 116 valence electrons. The molecule has 0 spiro atoms. The Labute approximate surface area is 151 Å². The van der Waals surface area contributed by atoms with E-state index < -0.39 is 26.0 Å². The van der Waals surface area contributed by atoms with Gasteiger partial charge in [-0.15, -0.1) is 23.2 Å². The van der Waals surface area contributed by atoms with E-state index in [0.29, 0.717) is 6.42 Å². The summed E-state index contributed by atoms with van der Waals surface area (Å²) in [7, 11) is 0. The van der Waals surface area contributed by atoms with Crippen molar-refractivity contribution in [1.82, 2.24) is 0 Å². The molecule has 21 heavy (non-hydrogen) atoms. The summed E-state index contributed by atoms with van der Waals surface area (Å²) in [4.78, 5) is 8.92. The maximum Gasteiger partial charge on any atom is 0.306 e. The van der Waals surface area contributed by atoms with Crippen LogP contribution < -0.4 is 0 Å². The van der Waals surface area contributed by atoms with E-state index >= 15 is 0 Å². The van der Waals surface area contributed by atoms with Crippen LogP contribution >= 0.6 is 69.6 Å². The van der Waals surface area contributed by atoms with Gasteiger partial charge >= 0.3 is 5.97 Å². The van der Waals surface area contributed by atoms with Crippen LogP contribution in [0.4, 0.5) is 0 Å². The molecular formula is C13H10Cl6O2. The van der Waals surface area contributed by atoms with Crippen LogP contribution in [0.5, 0.6) is 0 Å². The van der Waals surface area contributed by atoms with Crippen LogP contribution in [0.2, 0.25) is 0 Å². The highest BCUT2D eigenvalue weighted by Crippen LogP contribution is 2.82. The summed E-state index contributed by atoms with van der Waals surface area (Å²) in [6.45, 7) is 0. The third-order valence-corrected chi connectivity index (χ3v) is 10.3. The molecule has 0 aromatic carbocycles. The van der Waals surface area contributed by atoms with Gasteiger partial charge in [-0.1, -0.05) is 46.4 Å². The molecule has 7 atom stereocenters. The minimum atomic E-state index is -1.54. The Morgan fingerprint density at radius 3 is 2.05 bits per heavy atom. The van der Waals surface area contributed by atoms with Gasteiger partial charge in [-0.05, 0) is 36.5 Å². The van der Waals surface area contributed by atoms with Crippen LogP contribution in [0.15, 0.2) is 10.1 Å². The quantitative estimate of drug-likeness (QED) is 0.497. The monoisotopic (exact) mass is 408 g/mol. The molecule has 8 heteroatoms. The van der Waals surface area contributed by atoms with Crippen molar-refractivity contribution in [3.05, 3.63) is 10.1 Å². The first-order valence-corrected chi connectivity index (χ1v) is 8.91. The molecule has 4 bridgehead atoms. The average Bonchev–Trinajstić information content (AvgIpc) is 3.05. The van der Waals surface area contributed by atoms with Crippen LogP contribution in [-0.4, -0.2) is 25.2 Å². The Balaban J connectivity index is 1.92. The van der Waals surface area contributed by atoms with Gasteiger partial charge in [0.25, 0.3) is 0 Å². The van der Waals surface area contributed by atoms with E-state index in [-0.39, 0.29) is 33.7 Å². The number of fused-ring (bicyclic) bond motifs is 9. The highest BCUT2D eigenvalue weighted by atomic mass is 35.5. The predicted molar refractivity (Wildman–Crippen MR) is 84.7 cm³/mol. The number of hydrogen-bond acceptors (Lipinski definition) is 1. The number of carboxylic acids is 1. The van der Waals surface area contributed by atoms with E-state index in [9.17, 15) is 9.90 Å². The second kappa shape index (κ2) is 4.13. The van der Waals surface area contributed by atoms with Gasteiger partial charge in [0.05, 0.1) is 16.0 Å². The molecule has 4 aliphatic carbocycles. The Morgan fingerprint density at radius 2 is 1.52 bits per heavy atom. The maximum atomic E-state index is 11.5. The number of rotatable bonds is 1. The number of carbonyl (C=O) groups is 1. The summed E-state index contributed by atoms with van der Waals surface area (Å²) in [5.41, 5.74) is 0.